The Labute approximate surface area is 205 Å². The van der Waals surface area contributed by atoms with Crippen molar-refractivity contribution in [2.24, 2.45) is 5.92 Å². The molecule has 0 aliphatic heterocycles. The highest BCUT2D eigenvalue weighted by Gasteiger charge is 2.31. The van der Waals surface area contributed by atoms with Crippen LogP contribution in [-0.2, 0) is 33.4 Å². The molecule has 0 aliphatic carbocycles. The van der Waals surface area contributed by atoms with Crippen LogP contribution in [0.5, 0.6) is 0 Å². The average molecular weight is 494 g/mol. The number of quaternary nitrogens is 1. The number of benzene rings is 3. The lowest BCUT2D eigenvalue weighted by atomic mass is 9.99. The minimum Gasteiger partial charge on any atom is -0.795 e. The molecule has 8 heteroatoms. The minimum atomic E-state index is -4.11. The number of carbonyl (C=O) groups is 2. The summed E-state index contributed by atoms with van der Waals surface area (Å²) in [5.74, 6) is -3.96. The first-order chi connectivity index (χ1) is 16.7. The summed E-state index contributed by atoms with van der Waals surface area (Å²) in [6.45, 7) is 0. The van der Waals surface area contributed by atoms with Gasteiger partial charge in [-0.1, -0.05) is 91.0 Å². The van der Waals surface area contributed by atoms with E-state index < -0.39 is 43.1 Å². The molecule has 1 amide bonds. The Hall–Kier alpha value is -3.25. The molecule has 0 fully saturated rings. The summed E-state index contributed by atoms with van der Waals surface area (Å²) < 4.78 is 13.2. The van der Waals surface area contributed by atoms with Crippen LogP contribution in [0.15, 0.2) is 91.0 Å². The van der Waals surface area contributed by atoms with Crippen molar-refractivity contribution in [2.75, 3.05) is 6.16 Å². The lowest BCUT2D eigenvalue weighted by molar-refractivity contribution is -0.400. The number of carboxylic acids is 1. The van der Waals surface area contributed by atoms with Gasteiger partial charge in [-0.05, 0) is 29.5 Å². The summed E-state index contributed by atoms with van der Waals surface area (Å²) in [5, 5.41) is 14.3. The largest absolute Gasteiger partial charge is 0.795 e. The van der Waals surface area contributed by atoms with E-state index in [4.69, 9.17) is 0 Å². The second kappa shape index (κ2) is 12.5. The van der Waals surface area contributed by atoms with Crippen molar-refractivity contribution in [1.29, 1.82) is 0 Å². The van der Waals surface area contributed by atoms with Gasteiger partial charge in [0.25, 0.3) is 0 Å². The van der Waals surface area contributed by atoms with Gasteiger partial charge >= 0.3 is 0 Å². The Morgan fingerprint density at radius 1 is 0.771 bits per heavy atom. The molecule has 0 aromatic heterocycles. The van der Waals surface area contributed by atoms with E-state index >= 15 is 0 Å². The van der Waals surface area contributed by atoms with E-state index in [1.807, 2.05) is 54.6 Å². The molecule has 0 spiro atoms. The second-order valence-electron chi connectivity index (χ2n) is 8.71. The SMILES string of the molecule is [NH3+][C@@H](Cc1ccccc1)P(=O)([O-])C[C@@H](Cc1ccccc1)C(=O)N[C@@H](Cc1ccccc1)C(=O)[O-]. The van der Waals surface area contributed by atoms with Gasteiger partial charge in [0.05, 0.1) is 19.4 Å². The van der Waals surface area contributed by atoms with Gasteiger partial charge in [-0.2, -0.15) is 0 Å². The number of rotatable bonds is 12. The van der Waals surface area contributed by atoms with Gasteiger partial charge in [0, 0.05) is 18.5 Å². The van der Waals surface area contributed by atoms with Gasteiger partial charge in [0.15, 0.2) is 0 Å². The maximum Gasteiger partial charge on any atom is 0.224 e. The summed E-state index contributed by atoms with van der Waals surface area (Å²) in [7, 11) is -4.11. The van der Waals surface area contributed by atoms with E-state index in [1.54, 1.807) is 36.4 Å². The molecule has 0 aliphatic rings. The molecule has 0 bridgehead atoms. The zero-order valence-electron chi connectivity index (χ0n) is 19.4. The van der Waals surface area contributed by atoms with Crippen molar-refractivity contribution in [3.63, 3.8) is 0 Å². The highest BCUT2D eigenvalue weighted by Crippen LogP contribution is 2.42. The fraction of sp³-hybridized carbons (Fsp3) is 0.259. The standard InChI is InChI=1S/C27H31N2O5P/c28-25(18-22-14-8-3-9-15-22)35(33,34)19-23(16-20-10-4-1-5-11-20)26(30)29-24(27(31)32)17-21-12-6-2-7-13-21/h1-15,23-25H,16-19,28H2,(H,29,30)(H,31,32)(H,33,34)/p-1/t23-,24+,25-/m1/s1. The Kier molecular flexibility index (Phi) is 9.38. The topological polar surface area (TPSA) is 137 Å². The normalized spacial score (nSPS) is 15.4. The highest BCUT2D eigenvalue weighted by atomic mass is 31.2. The molecule has 7 nitrogen and oxygen atoms in total. The van der Waals surface area contributed by atoms with Gasteiger partial charge in [-0.15, -0.1) is 0 Å². The molecule has 1 unspecified atom stereocenters. The zero-order valence-corrected chi connectivity index (χ0v) is 20.3. The van der Waals surface area contributed by atoms with Crippen molar-refractivity contribution in [1.82, 2.24) is 5.32 Å². The Morgan fingerprint density at radius 3 is 1.66 bits per heavy atom. The predicted octanol–water partition coefficient (Wildman–Crippen LogP) is 0.772. The Balaban J connectivity index is 1.77. The minimum absolute atomic E-state index is 0.0357. The molecular formula is C27H30N2O5P-. The Morgan fingerprint density at radius 2 is 1.20 bits per heavy atom. The number of amides is 1. The number of carbonyl (C=O) groups excluding carboxylic acids is 2. The van der Waals surface area contributed by atoms with Crippen LogP contribution < -0.4 is 21.1 Å². The van der Waals surface area contributed by atoms with Gasteiger partial charge in [-0.25, -0.2) is 0 Å². The third-order valence-corrected chi connectivity index (χ3v) is 8.17. The van der Waals surface area contributed by atoms with Gasteiger partial charge in [0.1, 0.15) is 5.78 Å². The first kappa shape index (κ1) is 26.4. The zero-order chi connectivity index (χ0) is 25.3. The number of carboxylic acid groups (broad SMARTS) is 1. The van der Waals surface area contributed by atoms with Gasteiger partial charge in [0.2, 0.25) is 5.91 Å². The highest BCUT2D eigenvalue weighted by molar-refractivity contribution is 7.57. The van der Waals surface area contributed by atoms with E-state index in [2.05, 4.69) is 11.1 Å². The van der Waals surface area contributed by atoms with Gasteiger partial charge in [-0.3, -0.25) is 4.79 Å². The van der Waals surface area contributed by atoms with Crippen LogP contribution in [0.3, 0.4) is 0 Å². The van der Waals surface area contributed by atoms with E-state index in [-0.39, 0.29) is 19.3 Å². The average Bonchev–Trinajstić information content (AvgIpc) is 2.85. The van der Waals surface area contributed by atoms with Crippen molar-refractivity contribution in [3.8, 4) is 0 Å². The summed E-state index contributed by atoms with van der Waals surface area (Å²) in [4.78, 5) is 38.2. The van der Waals surface area contributed by atoms with E-state index in [1.165, 1.54) is 0 Å². The molecule has 184 valence electrons. The fourth-order valence-corrected chi connectivity index (χ4v) is 5.65. The summed E-state index contributed by atoms with van der Waals surface area (Å²) in [6, 6.07) is 25.8. The van der Waals surface area contributed by atoms with E-state index in [0.29, 0.717) is 0 Å². The molecule has 3 rings (SSSR count). The molecule has 3 aromatic carbocycles. The lowest BCUT2D eigenvalue weighted by Gasteiger charge is -2.31. The number of hydrogen-bond acceptors (Lipinski definition) is 5. The van der Waals surface area contributed by atoms with Crippen LogP contribution in [0.1, 0.15) is 16.7 Å². The second-order valence-corrected chi connectivity index (χ2v) is 11.3. The summed E-state index contributed by atoms with van der Waals surface area (Å²) >= 11 is 0. The maximum atomic E-state index is 13.2. The number of hydrogen-bond donors (Lipinski definition) is 2. The van der Waals surface area contributed by atoms with Crippen molar-refractivity contribution in [3.05, 3.63) is 108 Å². The summed E-state index contributed by atoms with van der Waals surface area (Å²) in [5.41, 5.74) is 6.20. The van der Waals surface area contributed by atoms with Crippen LogP contribution in [0.2, 0.25) is 0 Å². The fourth-order valence-electron chi connectivity index (χ4n) is 3.95. The van der Waals surface area contributed by atoms with Crippen LogP contribution in [0, 0.1) is 5.92 Å². The lowest BCUT2D eigenvalue weighted by Crippen LogP contribution is -2.63. The van der Waals surface area contributed by atoms with E-state index in [9.17, 15) is 24.2 Å². The maximum absolute atomic E-state index is 13.2. The third-order valence-electron chi connectivity index (χ3n) is 5.92. The monoisotopic (exact) mass is 493 g/mol. The Bertz CT molecular complexity index is 1140. The molecule has 0 saturated carbocycles. The van der Waals surface area contributed by atoms with Crippen LogP contribution in [0.4, 0.5) is 0 Å². The molecule has 4 N–H and O–H groups in total. The van der Waals surface area contributed by atoms with Crippen molar-refractivity contribution >= 4 is 19.2 Å². The van der Waals surface area contributed by atoms with Crippen LogP contribution >= 0.6 is 7.37 Å². The van der Waals surface area contributed by atoms with Crippen LogP contribution in [0.25, 0.3) is 0 Å². The van der Waals surface area contributed by atoms with E-state index in [0.717, 1.165) is 16.7 Å². The van der Waals surface area contributed by atoms with Crippen LogP contribution in [-0.4, -0.2) is 29.9 Å². The molecule has 0 heterocycles. The molecule has 0 radical (unpaired) electrons. The van der Waals surface area contributed by atoms with Crippen molar-refractivity contribution < 1.29 is 29.9 Å². The number of nitrogens with one attached hydrogen (secondary N) is 1. The van der Waals surface area contributed by atoms with Crippen molar-refractivity contribution in [2.45, 2.75) is 31.1 Å². The first-order valence-electron chi connectivity index (χ1n) is 11.5. The quantitative estimate of drug-likeness (QED) is 0.359. The smallest absolute Gasteiger partial charge is 0.224 e. The summed E-state index contributed by atoms with van der Waals surface area (Å²) in [6.07, 6.45) is 0.00679. The molecule has 3 aromatic rings. The molecule has 0 saturated heterocycles. The van der Waals surface area contributed by atoms with Gasteiger partial charge < -0.3 is 30.4 Å². The third kappa shape index (κ3) is 8.18. The molecule has 35 heavy (non-hydrogen) atoms. The molecule has 4 atom stereocenters. The first-order valence-corrected chi connectivity index (χ1v) is 13.4. The predicted molar refractivity (Wildman–Crippen MR) is 130 cm³/mol. The molecular weight excluding hydrogens is 463 g/mol. The number of aliphatic carboxylic acids is 1.